The van der Waals surface area contributed by atoms with E-state index in [9.17, 15) is 9.59 Å². The summed E-state index contributed by atoms with van der Waals surface area (Å²) >= 11 is 0. The van der Waals surface area contributed by atoms with Gasteiger partial charge in [-0.1, -0.05) is 26.7 Å². The molecule has 0 aliphatic heterocycles. The molecule has 0 fully saturated rings. The van der Waals surface area contributed by atoms with Crippen molar-refractivity contribution in [2.75, 3.05) is 26.3 Å². The zero-order chi connectivity index (χ0) is 21.0. The molecular formula is C20H32N4O4. The van der Waals surface area contributed by atoms with Gasteiger partial charge in [-0.2, -0.15) is 20.8 Å². The second kappa shape index (κ2) is 17.9. The van der Waals surface area contributed by atoms with E-state index in [0.29, 0.717) is 52.0 Å². The highest BCUT2D eigenvalue weighted by atomic mass is 16.5. The van der Waals surface area contributed by atoms with Crippen molar-refractivity contribution >= 4 is 11.9 Å². The normalized spacial score (nSPS) is 12.7. The number of carbonyl (C=O) groups excluding carboxylic acids is 2. The molecule has 0 amide bonds. The van der Waals surface area contributed by atoms with E-state index in [1.54, 1.807) is 0 Å². The van der Waals surface area contributed by atoms with Gasteiger partial charge in [0.25, 0.3) is 0 Å². The number of esters is 2. The summed E-state index contributed by atoms with van der Waals surface area (Å²) in [5, 5.41) is 26.1. The van der Waals surface area contributed by atoms with Crippen molar-refractivity contribution in [2.24, 2.45) is 22.1 Å². The molecule has 0 spiro atoms. The summed E-state index contributed by atoms with van der Waals surface area (Å²) in [7, 11) is 0. The fraction of sp³-hybridized carbons (Fsp3) is 0.800. The minimum absolute atomic E-state index is 0.350. The van der Waals surface area contributed by atoms with Gasteiger partial charge < -0.3 is 9.47 Å². The van der Waals surface area contributed by atoms with E-state index < -0.39 is 23.8 Å². The molecule has 0 aromatic carbocycles. The molecule has 0 aromatic rings. The van der Waals surface area contributed by atoms with Gasteiger partial charge in [-0.05, 0) is 38.5 Å². The fourth-order valence-electron chi connectivity index (χ4n) is 2.18. The van der Waals surface area contributed by atoms with Gasteiger partial charge in [-0.25, -0.2) is 0 Å². The molecule has 0 heterocycles. The molecule has 0 saturated carbocycles. The molecule has 2 unspecified atom stereocenters. The third-order valence-electron chi connectivity index (χ3n) is 3.97. The van der Waals surface area contributed by atoms with Crippen molar-refractivity contribution < 1.29 is 19.1 Å². The standard InChI is InChI=1S/C20H32N4O4/c1-3-5-13-27-19(25)17(15-21)9-7-11-23-24-12-8-10-18(16-22)20(26)28-14-6-4-2/h17-18H,3-14H2,1-2H3. The predicted octanol–water partition coefficient (Wildman–Crippen LogP) is 3.97. The quantitative estimate of drug-likeness (QED) is 0.222. The highest BCUT2D eigenvalue weighted by Crippen LogP contribution is 2.10. The zero-order valence-electron chi connectivity index (χ0n) is 17.1. The number of nitrogens with zero attached hydrogens (tertiary/aromatic N) is 4. The Morgan fingerprint density at radius 1 is 0.786 bits per heavy atom. The van der Waals surface area contributed by atoms with Crippen LogP contribution in [-0.2, 0) is 19.1 Å². The predicted molar refractivity (Wildman–Crippen MR) is 103 cm³/mol. The molecule has 0 radical (unpaired) electrons. The van der Waals surface area contributed by atoms with Gasteiger partial charge in [0.1, 0.15) is 11.8 Å². The van der Waals surface area contributed by atoms with Crippen molar-refractivity contribution in [3.63, 3.8) is 0 Å². The van der Waals surface area contributed by atoms with Crippen molar-refractivity contribution in [1.82, 2.24) is 0 Å². The smallest absolute Gasteiger partial charge is 0.323 e. The van der Waals surface area contributed by atoms with E-state index >= 15 is 0 Å². The molecule has 0 aromatic heterocycles. The zero-order valence-corrected chi connectivity index (χ0v) is 17.1. The summed E-state index contributed by atoms with van der Waals surface area (Å²) in [5.74, 6) is -2.47. The molecule has 156 valence electrons. The van der Waals surface area contributed by atoms with Crippen LogP contribution in [0.3, 0.4) is 0 Å². The first kappa shape index (κ1) is 25.5. The molecule has 0 aliphatic carbocycles. The minimum Gasteiger partial charge on any atom is -0.465 e. The molecule has 28 heavy (non-hydrogen) atoms. The number of ether oxygens (including phenoxy) is 2. The van der Waals surface area contributed by atoms with E-state index in [1.807, 2.05) is 26.0 Å². The van der Waals surface area contributed by atoms with Gasteiger partial charge in [0.2, 0.25) is 0 Å². The SMILES string of the molecule is CCCCOC(=O)C(C#N)CCCN=NCCCC(C#N)C(=O)OCCCC. The lowest BCUT2D eigenvalue weighted by atomic mass is 10.1. The van der Waals surface area contributed by atoms with E-state index in [1.165, 1.54) is 0 Å². The van der Waals surface area contributed by atoms with Gasteiger partial charge in [0.15, 0.2) is 0 Å². The molecule has 0 N–H and O–H groups in total. The highest BCUT2D eigenvalue weighted by Gasteiger charge is 2.19. The maximum Gasteiger partial charge on any atom is 0.323 e. The molecule has 0 rings (SSSR count). The number of carbonyl (C=O) groups is 2. The van der Waals surface area contributed by atoms with E-state index in [4.69, 9.17) is 20.0 Å². The molecule has 8 heteroatoms. The van der Waals surface area contributed by atoms with E-state index in [2.05, 4.69) is 10.2 Å². The maximum atomic E-state index is 11.7. The lowest BCUT2D eigenvalue weighted by Crippen LogP contribution is -2.17. The third-order valence-corrected chi connectivity index (χ3v) is 3.97. The molecule has 0 saturated heterocycles. The van der Waals surface area contributed by atoms with Gasteiger partial charge in [0.05, 0.1) is 38.4 Å². The topological polar surface area (TPSA) is 125 Å². The molecular weight excluding hydrogens is 360 g/mol. The molecule has 2 atom stereocenters. The summed E-state index contributed by atoms with van der Waals surface area (Å²) in [6, 6.07) is 3.93. The Balaban J connectivity index is 3.91. The van der Waals surface area contributed by atoms with Crippen LogP contribution in [0.2, 0.25) is 0 Å². The van der Waals surface area contributed by atoms with Crippen LogP contribution in [0.4, 0.5) is 0 Å². The van der Waals surface area contributed by atoms with Crippen LogP contribution in [0, 0.1) is 34.5 Å². The lowest BCUT2D eigenvalue weighted by molar-refractivity contribution is -0.147. The largest absolute Gasteiger partial charge is 0.465 e. The monoisotopic (exact) mass is 392 g/mol. The van der Waals surface area contributed by atoms with Crippen LogP contribution in [0.5, 0.6) is 0 Å². The summed E-state index contributed by atoms with van der Waals surface area (Å²) < 4.78 is 10.1. The summed E-state index contributed by atoms with van der Waals surface area (Å²) in [4.78, 5) is 23.4. The number of azo groups is 1. The van der Waals surface area contributed by atoms with Crippen molar-refractivity contribution in [3.05, 3.63) is 0 Å². The van der Waals surface area contributed by atoms with E-state index in [-0.39, 0.29) is 0 Å². The Morgan fingerprint density at radius 3 is 1.50 bits per heavy atom. The van der Waals surface area contributed by atoms with E-state index in [0.717, 1.165) is 25.7 Å². The summed E-state index contributed by atoms with van der Waals surface area (Å²) in [6.07, 6.45) is 5.36. The lowest BCUT2D eigenvalue weighted by Gasteiger charge is -2.08. The third kappa shape index (κ3) is 12.8. The fourth-order valence-corrected chi connectivity index (χ4v) is 2.18. The number of unbranched alkanes of at least 4 members (excludes halogenated alkanes) is 2. The Hall–Kier alpha value is -2.48. The Labute approximate surface area is 167 Å². The first-order chi connectivity index (χ1) is 13.6. The van der Waals surface area contributed by atoms with Crippen LogP contribution in [0.25, 0.3) is 0 Å². The maximum absolute atomic E-state index is 11.7. The number of rotatable bonds is 16. The number of nitriles is 2. The van der Waals surface area contributed by atoms with Crippen LogP contribution in [-0.4, -0.2) is 38.2 Å². The van der Waals surface area contributed by atoms with Gasteiger partial charge in [-0.3, -0.25) is 9.59 Å². The first-order valence-electron chi connectivity index (χ1n) is 10.1. The Morgan fingerprint density at radius 2 is 1.18 bits per heavy atom. The average molecular weight is 393 g/mol. The van der Waals surface area contributed by atoms with Crippen molar-refractivity contribution in [3.8, 4) is 12.1 Å². The summed E-state index contributed by atoms with van der Waals surface area (Å²) in [6.45, 7) is 5.54. The highest BCUT2D eigenvalue weighted by molar-refractivity contribution is 5.75. The summed E-state index contributed by atoms with van der Waals surface area (Å²) in [5.41, 5.74) is 0. The van der Waals surface area contributed by atoms with Gasteiger partial charge >= 0.3 is 11.9 Å². The second-order valence-electron chi connectivity index (χ2n) is 6.42. The van der Waals surface area contributed by atoms with Crippen LogP contribution >= 0.6 is 0 Å². The molecule has 0 aliphatic rings. The minimum atomic E-state index is -0.762. The second-order valence-corrected chi connectivity index (χ2v) is 6.42. The van der Waals surface area contributed by atoms with Crippen LogP contribution < -0.4 is 0 Å². The number of hydrogen-bond donors (Lipinski definition) is 0. The van der Waals surface area contributed by atoms with Gasteiger partial charge in [-0.15, -0.1) is 0 Å². The number of hydrogen-bond acceptors (Lipinski definition) is 8. The average Bonchev–Trinajstić information content (AvgIpc) is 2.69. The van der Waals surface area contributed by atoms with Gasteiger partial charge in [0, 0.05) is 0 Å². The van der Waals surface area contributed by atoms with Crippen LogP contribution in [0.15, 0.2) is 10.2 Å². The van der Waals surface area contributed by atoms with Crippen molar-refractivity contribution in [2.45, 2.75) is 65.2 Å². The van der Waals surface area contributed by atoms with Crippen molar-refractivity contribution in [1.29, 1.82) is 10.5 Å². The Kier molecular flexibility index (Phi) is 16.3. The first-order valence-corrected chi connectivity index (χ1v) is 10.1. The Bertz CT molecular complexity index is 503. The molecule has 0 bridgehead atoms. The molecule has 8 nitrogen and oxygen atoms in total. The van der Waals surface area contributed by atoms with Crippen LogP contribution in [0.1, 0.15) is 65.2 Å².